The third-order valence-corrected chi connectivity index (χ3v) is 2.82. The molecule has 0 aromatic heterocycles. The number of aromatic carboxylic acids is 1. The van der Waals surface area contributed by atoms with E-state index in [1.807, 2.05) is 0 Å². The Morgan fingerprint density at radius 1 is 1.39 bits per heavy atom. The number of anilines is 1. The van der Waals surface area contributed by atoms with Crippen molar-refractivity contribution in [1.82, 2.24) is 0 Å². The second kappa shape index (κ2) is 5.84. The van der Waals surface area contributed by atoms with Crippen molar-refractivity contribution in [1.29, 1.82) is 0 Å². The number of hydrogen-bond acceptors (Lipinski definition) is 3. The highest BCUT2D eigenvalue weighted by Crippen LogP contribution is 2.24. The first kappa shape index (κ1) is 14.5. The van der Waals surface area contributed by atoms with Gasteiger partial charge in [0, 0.05) is 0 Å². The molecule has 0 saturated heterocycles. The van der Waals surface area contributed by atoms with E-state index in [2.05, 4.69) is 5.32 Å². The molecule has 0 radical (unpaired) electrons. The summed E-state index contributed by atoms with van der Waals surface area (Å²) in [5, 5.41) is 11.6. The highest BCUT2D eigenvalue weighted by molar-refractivity contribution is 6.34. The lowest BCUT2D eigenvalue weighted by molar-refractivity contribution is -0.118. The molecular weight excluding hydrogens is 256 g/mol. The summed E-state index contributed by atoms with van der Waals surface area (Å²) in [6.07, 6.45) is 0. The minimum absolute atomic E-state index is 0.0440. The zero-order valence-electron chi connectivity index (χ0n) is 10.1. The smallest absolute Gasteiger partial charge is 0.339 e. The predicted molar refractivity (Wildman–Crippen MR) is 69.9 cm³/mol. The molecule has 1 aromatic rings. The third kappa shape index (κ3) is 3.21. The molecule has 1 aromatic carbocycles. The summed E-state index contributed by atoms with van der Waals surface area (Å²) in [6, 6.07) is 3.78. The molecule has 1 atom stereocenters. The van der Waals surface area contributed by atoms with Crippen molar-refractivity contribution >= 4 is 29.2 Å². The van der Waals surface area contributed by atoms with Gasteiger partial charge in [-0.25, -0.2) is 4.79 Å². The molecule has 0 spiro atoms. The van der Waals surface area contributed by atoms with Gasteiger partial charge in [-0.15, -0.1) is 0 Å². The number of hydrogen-bond donors (Lipinski definition) is 3. The molecular formula is C12H15ClN2O3. The van der Waals surface area contributed by atoms with Crippen LogP contribution in [0.3, 0.4) is 0 Å². The fourth-order valence-electron chi connectivity index (χ4n) is 1.36. The molecule has 0 aliphatic rings. The number of rotatable bonds is 4. The lowest BCUT2D eigenvalue weighted by Crippen LogP contribution is -2.40. The molecule has 0 saturated carbocycles. The van der Waals surface area contributed by atoms with E-state index in [1.165, 1.54) is 12.1 Å². The Hall–Kier alpha value is -1.59. The molecule has 18 heavy (non-hydrogen) atoms. The van der Waals surface area contributed by atoms with Crippen molar-refractivity contribution in [3.05, 3.63) is 28.8 Å². The molecule has 0 bridgehead atoms. The summed E-state index contributed by atoms with van der Waals surface area (Å²) in [5.74, 6) is -1.68. The predicted octanol–water partition coefficient (Wildman–Crippen LogP) is 1.96. The van der Waals surface area contributed by atoms with Crippen LogP contribution in [0.25, 0.3) is 0 Å². The highest BCUT2D eigenvalue weighted by atomic mass is 35.5. The van der Waals surface area contributed by atoms with Gasteiger partial charge >= 0.3 is 5.97 Å². The van der Waals surface area contributed by atoms with Crippen LogP contribution >= 0.6 is 11.6 Å². The SMILES string of the molecule is CC(C)[C@@H](N)C(=O)Nc1cccc(Cl)c1C(=O)O. The number of halogens is 1. The maximum absolute atomic E-state index is 11.8. The van der Waals surface area contributed by atoms with Crippen LogP contribution in [0.2, 0.25) is 5.02 Å². The lowest BCUT2D eigenvalue weighted by Gasteiger charge is -2.16. The quantitative estimate of drug-likeness (QED) is 0.780. The fraction of sp³-hybridized carbons (Fsp3) is 0.333. The monoisotopic (exact) mass is 270 g/mol. The van der Waals surface area contributed by atoms with Gasteiger partial charge in [0.15, 0.2) is 0 Å². The second-order valence-corrected chi connectivity index (χ2v) is 4.63. The first-order chi connectivity index (χ1) is 8.34. The summed E-state index contributed by atoms with van der Waals surface area (Å²) >= 11 is 5.79. The summed E-state index contributed by atoms with van der Waals surface area (Å²) in [7, 11) is 0. The molecule has 98 valence electrons. The van der Waals surface area contributed by atoms with E-state index in [-0.39, 0.29) is 22.2 Å². The Balaban J connectivity index is 3.02. The van der Waals surface area contributed by atoms with Gasteiger partial charge in [0.25, 0.3) is 0 Å². The summed E-state index contributed by atoms with van der Waals surface area (Å²) in [5.41, 5.74) is 5.69. The van der Waals surface area contributed by atoms with E-state index in [0.717, 1.165) is 0 Å². The average Bonchev–Trinajstić information content (AvgIpc) is 2.27. The molecule has 1 amide bonds. The van der Waals surface area contributed by atoms with Gasteiger partial charge in [-0.3, -0.25) is 4.79 Å². The Bertz CT molecular complexity index is 474. The van der Waals surface area contributed by atoms with E-state index in [1.54, 1.807) is 19.9 Å². The highest BCUT2D eigenvalue weighted by Gasteiger charge is 2.21. The van der Waals surface area contributed by atoms with E-state index in [9.17, 15) is 9.59 Å². The summed E-state index contributed by atoms with van der Waals surface area (Å²) in [4.78, 5) is 22.8. The van der Waals surface area contributed by atoms with Gasteiger partial charge in [0.05, 0.1) is 16.8 Å². The molecule has 0 fully saturated rings. The number of carboxylic acid groups (broad SMARTS) is 1. The van der Waals surface area contributed by atoms with Crippen molar-refractivity contribution in [3.8, 4) is 0 Å². The largest absolute Gasteiger partial charge is 0.478 e. The fourth-order valence-corrected chi connectivity index (χ4v) is 1.62. The first-order valence-electron chi connectivity index (χ1n) is 5.42. The molecule has 1 rings (SSSR count). The van der Waals surface area contributed by atoms with Gasteiger partial charge in [-0.1, -0.05) is 31.5 Å². The Morgan fingerprint density at radius 2 is 2.00 bits per heavy atom. The van der Waals surface area contributed by atoms with Crippen LogP contribution in [0, 0.1) is 5.92 Å². The number of amides is 1. The zero-order chi connectivity index (χ0) is 13.9. The molecule has 0 heterocycles. The Labute approximate surface area is 110 Å². The van der Waals surface area contributed by atoms with Crippen LogP contribution < -0.4 is 11.1 Å². The van der Waals surface area contributed by atoms with Gasteiger partial charge in [-0.2, -0.15) is 0 Å². The molecule has 4 N–H and O–H groups in total. The van der Waals surface area contributed by atoms with Gasteiger partial charge in [0.1, 0.15) is 5.56 Å². The maximum Gasteiger partial charge on any atom is 0.339 e. The Morgan fingerprint density at radius 3 is 2.50 bits per heavy atom. The summed E-state index contributed by atoms with van der Waals surface area (Å²) < 4.78 is 0. The van der Waals surface area contributed by atoms with Gasteiger partial charge in [-0.05, 0) is 18.1 Å². The first-order valence-corrected chi connectivity index (χ1v) is 5.80. The van der Waals surface area contributed by atoms with E-state index in [4.69, 9.17) is 22.4 Å². The molecule has 5 nitrogen and oxygen atoms in total. The third-order valence-electron chi connectivity index (χ3n) is 2.51. The number of carboxylic acids is 1. The van der Waals surface area contributed by atoms with E-state index in [0.29, 0.717) is 0 Å². The van der Waals surface area contributed by atoms with Crippen molar-refractivity contribution in [2.75, 3.05) is 5.32 Å². The molecule has 6 heteroatoms. The van der Waals surface area contributed by atoms with Crippen molar-refractivity contribution < 1.29 is 14.7 Å². The number of benzene rings is 1. The molecule has 0 aliphatic carbocycles. The maximum atomic E-state index is 11.8. The van der Waals surface area contributed by atoms with Gasteiger partial charge in [0.2, 0.25) is 5.91 Å². The molecule has 0 unspecified atom stereocenters. The van der Waals surface area contributed by atoms with Crippen LogP contribution in [0.4, 0.5) is 5.69 Å². The van der Waals surface area contributed by atoms with Crippen LogP contribution in [-0.4, -0.2) is 23.0 Å². The normalized spacial score (nSPS) is 12.3. The molecule has 0 aliphatic heterocycles. The van der Waals surface area contributed by atoms with Crippen LogP contribution in [-0.2, 0) is 4.79 Å². The van der Waals surface area contributed by atoms with Crippen LogP contribution in [0.15, 0.2) is 18.2 Å². The number of nitrogens with two attached hydrogens (primary N) is 1. The second-order valence-electron chi connectivity index (χ2n) is 4.23. The van der Waals surface area contributed by atoms with Crippen molar-refractivity contribution in [2.24, 2.45) is 11.7 Å². The van der Waals surface area contributed by atoms with Crippen molar-refractivity contribution in [3.63, 3.8) is 0 Å². The van der Waals surface area contributed by atoms with E-state index >= 15 is 0 Å². The topological polar surface area (TPSA) is 92.4 Å². The minimum atomic E-state index is -1.20. The zero-order valence-corrected chi connectivity index (χ0v) is 10.9. The standard InChI is InChI=1S/C12H15ClN2O3/c1-6(2)10(14)11(16)15-8-5-3-4-7(13)9(8)12(17)18/h3-6,10H,14H2,1-2H3,(H,15,16)(H,17,18)/t10-/m1/s1. The van der Waals surface area contributed by atoms with Crippen LogP contribution in [0.5, 0.6) is 0 Å². The van der Waals surface area contributed by atoms with Crippen molar-refractivity contribution in [2.45, 2.75) is 19.9 Å². The lowest BCUT2D eigenvalue weighted by atomic mass is 10.0. The van der Waals surface area contributed by atoms with E-state index < -0.39 is 17.9 Å². The summed E-state index contributed by atoms with van der Waals surface area (Å²) in [6.45, 7) is 3.61. The van der Waals surface area contributed by atoms with Gasteiger partial charge < -0.3 is 16.2 Å². The number of carbonyl (C=O) groups is 2. The number of carbonyl (C=O) groups excluding carboxylic acids is 1. The Kier molecular flexibility index (Phi) is 4.69. The minimum Gasteiger partial charge on any atom is -0.478 e. The van der Waals surface area contributed by atoms with Crippen LogP contribution in [0.1, 0.15) is 24.2 Å². The average molecular weight is 271 g/mol. The number of nitrogens with one attached hydrogen (secondary N) is 1.